The van der Waals surface area contributed by atoms with Gasteiger partial charge in [0.15, 0.2) is 23.5 Å². The molecule has 4 fully saturated rings. The maximum Gasteiger partial charge on any atom is 0.193 e. The summed E-state index contributed by atoms with van der Waals surface area (Å²) in [5.41, 5.74) is 7.46. The molecule has 4 aliphatic carbocycles. The first-order valence-corrected chi connectivity index (χ1v) is 15.3. The molecule has 0 bridgehead atoms. The predicted octanol–water partition coefficient (Wildman–Crippen LogP) is 3.21. The number of aliphatic hydroxyl groups is 3. The third-order valence-corrected chi connectivity index (χ3v) is 11.7. The number of Topliss-reactive ketones (excluding diaryl/α,β-unsaturated/α-hetero) is 1. The summed E-state index contributed by atoms with van der Waals surface area (Å²) in [7, 11) is 0. The van der Waals surface area contributed by atoms with Crippen LogP contribution in [0.5, 0.6) is 0 Å². The Balaban J connectivity index is 1.19. The van der Waals surface area contributed by atoms with Crippen molar-refractivity contribution < 1.29 is 34.4 Å². The number of nitrogen functional groups attached to an aromatic ring is 1. The van der Waals surface area contributed by atoms with Gasteiger partial charge in [-0.3, -0.25) is 9.59 Å². The molecular formula is C34H40N2O7. The maximum absolute atomic E-state index is 13.8. The molecule has 3 saturated carbocycles. The van der Waals surface area contributed by atoms with Gasteiger partial charge in [-0.15, -0.1) is 0 Å². The third kappa shape index (κ3) is 3.95. The van der Waals surface area contributed by atoms with Crippen LogP contribution in [0.2, 0.25) is 0 Å². The minimum Gasteiger partial charge on any atom is -0.398 e. The van der Waals surface area contributed by atoms with Crippen LogP contribution in [0.15, 0.2) is 60.5 Å². The molecule has 9 heteroatoms. The molecule has 0 spiro atoms. The number of hydrogen-bond acceptors (Lipinski definition) is 8. The highest BCUT2D eigenvalue weighted by Crippen LogP contribution is 2.70. The molecule has 9 nitrogen and oxygen atoms in total. The molecule has 0 amide bonds. The van der Waals surface area contributed by atoms with E-state index in [9.17, 15) is 24.9 Å². The van der Waals surface area contributed by atoms with E-state index in [0.29, 0.717) is 30.6 Å². The minimum absolute atomic E-state index is 0.00707. The molecule has 5 aliphatic rings. The fraction of sp³-hybridized carbons (Fsp3) is 0.529. The van der Waals surface area contributed by atoms with Gasteiger partial charge in [-0.25, -0.2) is 0 Å². The van der Waals surface area contributed by atoms with Crippen LogP contribution >= 0.6 is 0 Å². The van der Waals surface area contributed by atoms with E-state index in [1.165, 1.54) is 0 Å². The number of carbonyl (C=O) groups is 2. The Morgan fingerprint density at radius 2 is 2.02 bits per heavy atom. The zero-order chi connectivity index (χ0) is 30.3. The lowest BCUT2D eigenvalue weighted by Gasteiger charge is -2.59. The Labute approximate surface area is 251 Å². The molecule has 1 saturated heterocycles. The number of benzene rings is 1. The number of nitrogens with two attached hydrogens (primary N) is 1. The van der Waals surface area contributed by atoms with Crippen molar-refractivity contribution in [3.8, 4) is 0 Å². The van der Waals surface area contributed by atoms with E-state index < -0.39 is 47.3 Å². The van der Waals surface area contributed by atoms with E-state index in [0.717, 1.165) is 29.5 Å². The zero-order valence-corrected chi connectivity index (χ0v) is 24.6. The second kappa shape index (κ2) is 9.97. The molecular weight excluding hydrogens is 548 g/mol. The fourth-order valence-corrected chi connectivity index (χ4v) is 9.72. The lowest BCUT2D eigenvalue weighted by Crippen LogP contribution is -2.63. The Bertz CT molecular complexity index is 1540. The van der Waals surface area contributed by atoms with Gasteiger partial charge in [-0.2, -0.15) is 0 Å². The Kier molecular flexibility index (Phi) is 6.65. The molecule has 1 aromatic carbocycles. The number of carbonyl (C=O) groups excluding carboxylic acids is 2. The van der Waals surface area contributed by atoms with Crippen molar-refractivity contribution in [2.45, 2.75) is 76.8 Å². The summed E-state index contributed by atoms with van der Waals surface area (Å²) in [5.74, 6) is -0.360. The van der Waals surface area contributed by atoms with Crippen LogP contribution in [-0.2, 0) is 32.2 Å². The largest absolute Gasteiger partial charge is 0.398 e. The van der Waals surface area contributed by atoms with Gasteiger partial charge in [-0.1, -0.05) is 37.6 Å². The van der Waals surface area contributed by atoms with Gasteiger partial charge in [0, 0.05) is 52.5 Å². The van der Waals surface area contributed by atoms with Crippen molar-refractivity contribution in [3.05, 3.63) is 77.2 Å². The first-order valence-electron chi connectivity index (χ1n) is 15.3. The van der Waals surface area contributed by atoms with Crippen molar-refractivity contribution in [1.82, 2.24) is 4.57 Å². The van der Waals surface area contributed by atoms with Crippen molar-refractivity contribution in [2.24, 2.45) is 28.6 Å². The van der Waals surface area contributed by atoms with Gasteiger partial charge in [0.1, 0.15) is 6.61 Å². The van der Waals surface area contributed by atoms with Crippen LogP contribution in [0, 0.1) is 28.6 Å². The number of ether oxygens (including phenoxy) is 2. The van der Waals surface area contributed by atoms with E-state index in [4.69, 9.17) is 15.2 Å². The van der Waals surface area contributed by atoms with Crippen LogP contribution in [0.4, 0.5) is 5.69 Å². The molecule has 0 radical (unpaired) electrons. The van der Waals surface area contributed by atoms with Crippen molar-refractivity contribution >= 4 is 17.3 Å². The number of aromatic nitrogens is 1. The van der Waals surface area contributed by atoms with Crippen molar-refractivity contribution in [3.63, 3.8) is 0 Å². The van der Waals surface area contributed by atoms with Gasteiger partial charge in [-0.05, 0) is 67.4 Å². The first-order chi connectivity index (χ1) is 20.6. The molecule has 0 unspecified atom stereocenters. The van der Waals surface area contributed by atoms with Gasteiger partial charge in [0.2, 0.25) is 0 Å². The van der Waals surface area contributed by atoms with Crippen LogP contribution in [0.1, 0.15) is 62.5 Å². The smallest absolute Gasteiger partial charge is 0.193 e. The minimum atomic E-state index is -1.39. The van der Waals surface area contributed by atoms with E-state index in [1.54, 1.807) is 18.2 Å². The van der Waals surface area contributed by atoms with Crippen LogP contribution in [-0.4, -0.2) is 55.9 Å². The standard InChI is InChI=1S/C34H40N2O7/c1-32-10-8-22(39)12-21(32)6-7-23-25-13-29-34(28(41)18-38,33(25,2)14-27(40)30(23)32)43-31(42-29)20-9-11-36(16-20)15-19-4-3-5-26(35)24(19)17-37/h3-5,8-12,16,23,25,27,29-31,37-38,40H,6-7,13-15,17-18,35H2,1-2H3/t23-,25-,27-,29+,30+,31+,32-,33-,34+/m0/s1. The fourth-order valence-electron chi connectivity index (χ4n) is 9.72. The topological polar surface area (TPSA) is 144 Å². The van der Waals surface area contributed by atoms with Crippen molar-refractivity contribution in [2.75, 3.05) is 12.3 Å². The van der Waals surface area contributed by atoms with Gasteiger partial charge < -0.3 is 35.1 Å². The van der Waals surface area contributed by atoms with Gasteiger partial charge in [0.05, 0.1) is 18.8 Å². The average Bonchev–Trinajstić information content (AvgIpc) is 3.65. The molecule has 1 aliphatic heterocycles. The van der Waals surface area contributed by atoms with Crippen LogP contribution in [0.3, 0.4) is 0 Å². The Hall–Kier alpha value is -3.08. The molecule has 2 heterocycles. The summed E-state index contributed by atoms with van der Waals surface area (Å²) < 4.78 is 15.2. The summed E-state index contributed by atoms with van der Waals surface area (Å²) in [6, 6.07) is 7.45. The average molecular weight is 589 g/mol. The zero-order valence-electron chi connectivity index (χ0n) is 24.6. The molecule has 5 N–H and O–H groups in total. The summed E-state index contributed by atoms with van der Waals surface area (Å²) >= 11 is 0. The Morgan fingerprint density at radius 3 is 2.79 bits per heavy atom. The van der Waals surface area contributed by atoms with E-state index in [1.807, 2.05) is 48.2 Å². The predicted molar refractivity (Wildman–Crippen MR) is 157 cm³/mol. The van der Waals surface area contributed by atoms with Crippen molar-refractivity contribution in [1.29, 1.82) is 0 Å². The Morgan fingerprint density at radius 1 is 1.21 bits per heavy atom. The number of fused-ring (bicyclic) bond motifs is 7. The van der Waals surface area contributed by atoms with Crippen LogP contribution in [0.25, 0.3) is 0 Å². The molecule has 7 rings (SSSR count). The lowest BCUT2D eigenvalue weighted by molar-refractivity contribution is -0.201. The van der Waals surface area contributed by atoms with E-state index in [-0.39, 0.29) is 30.1 Å². The number of hydrogen-bond donors (Lipinski definition) is 4. The first kappa shape index (κ1) is 28.7. The quantitative estimate of drug-likeness (QED) is 0.377. The number of nitrogens with zero attached hydrogens (tertiary/aromatic N) is 1. The van der Waals surface area contributed by atoms with Gasteiger partial charge in [0.25, 0.3) is 0 Å². The molecule has 228 valence electrons. The number of anilines is 1. The second-order valence-corrected chi connectivity index (χ2v) is 13.6. The molecule has 2 aromatic rings. The van der Waals surface area contributed by atoms with Crippen LogP contribution < -0.4 is 5.73 Å². The number of ketones is 2. The molecule has 1 aromatic heterocycles. The van der Waals surface area contributed by atoms with E-state index in [2.05, 4.69) is 6.92 Å². The number of allylic oxidation sites excluding steroid dienone is 4. The maximum atomic E-state index is 13.8. The summed E-state index contributed by atoms with van der Waals surface area (Å²) in [6.07, 6.45) is 9.54. The highest BCUT2D eigenvalue weighted by Gasteiger charge is 2.75. The van der Waals surface area contributed by atoms with E-state index >= 15 is 0 Å². The summed E-state index contributed by atoms with van der Waals surface area (Å²) in [4.78, 5) is 25.9. The number of rotatable bonds is 6. The molecule has 9 atom stereocenters. The number of aliphatic hydroxyl groups excluding tert-OH is 3. The second-order valence-electron chi connectivity index (χ2n) is 13.6. The highest BCUT2D eigenvalue weighted by atomic mass is 16.7. The highest BCUT2D eigenvalue weighted by molar-refractivity contribution is 6.01. The summed E-state index contributed by atoms with van der Waals surface area (Å²) in [6.45, 7) is 3.82. The SMILES string of the molecule is C[C@]12C=CC(=O)C=C1CC[C@@H]1[C@@H]2[C@@H](O)C[C@@]2(C)[C@H]1C[C@H]1O[C@@H](c3ccn(Cc4cccc(N)c4CO)c3)O[C@]12C(=O)CO. The monoisotopic (exact) mass is 588 g/mol. The lowest BCUT2D eigenvalue weighted by atomic mass is 9.46. The third-order valence-electron chi connectivity index (χ3n) is 11.7. The molecule has 43 heavy (non-hydrogen) atoms. The van der Waals surface area contributed by atoms with Gasteiger partial charge >= 0.3 is 0 Å². The normalized spacial score (nSPS) is 39.6. The summed E-state index contributed by atoms with van der Waals surface area (Å²) in [5, 5.41) is 31.9.